The quantitative estimate of drug-likeness (QED) is 0.678. The van der Waals surface area contributed by atoms with Crippen LogP contribution in [0.15, 0.2) is 48.5 Å². The Morgan fingerprint density at radius 3 is 1.72 bits per heavy atom. The first-order valence-electron chi connectivity index (χ1n) is 10.4. The number of hydrogen-bond acceptors (Lipinski definition) is 3. The second-order valence-electron chi connectivity index (χ2n) is 8.55. The lowest BCUT2D eigenvalue weighted by molar-refractivity contribution is -0.135. The van der Waals surface area contributed by atoms with E-state index in [1.54, 1.807) is 13.8 Å². The first-order valence-corrected chi connectivity index (χ1v) is 10.4. The summed E-state index contributed by atoms with van der Waals surface area (Å²) in [5, 5.41) is 5.73. The van der Waals surface area contributed by atoms with E-state index in [1.165, 1.54) is 24.1 Å². The predicted octanol–water partition coefficient (Wildman–Crippen LogP) is 5.01. The number of rotatable bonds is 6. The lowest BCUT2D eigenvalue weighted by atomic mass is 9.90. The molecule has 2 aromatic rings. The zero-order valence-electron chi connectivity index (χ0n) is 17.8. The summed E-state index contributed by atoms with van der Waals surface area (Å²) in [5.74, 6) is -0.234. The van der Waals surface area contributed by atoms with E-state index in [2.05, 4.69) is 29.4 Å². The number of carbonyl (C=O) groups excluding carboxylic acids is 2. The molecule has 0 aromatic heterocycles. The Hall–Kier alpha value is -2.82. The van der Waals surface area contributed by atoms with Crippen molar-refractivity contribution in [2.45, 2.75) is 46.5 Å². The molecule has 2 aromatic carbocycles. The highest BCUT2D eigenvalue weighted by Gasteiger charge is 2.36. The molecule has 0 unspecified atom stereocenters. The van der Waals surface area contributed by atoms with E-state index < -0.39 is 5.41 Å². The Balaban J connectivity index is 1.61. The van der Waals surface area contributed by atoms with Crippen LogP contribution in [0.25, 0.3) is 0 Å². The third-order valence-corrected chi connectivity index (χ3v) is 5.57. The average Bonchev–Trinajstić information content (AvgIpc) is 3.23. The summed E-state index contributed by atoms with van der Waals surface area (Å²) in [6.07, 6.45) is 2.45. The number of amides is 2. The van der Waals surface area contributed by atoms with E-state index in [4.69, 9.17) is 0 Å². The summed E-state index contributed by atoms with van der Waals surface area (Å²) in [7, 11) is 0. The minimum absolute atomic E-state index is 0.331. The van der Waals surface area contributed by atoms with E-state index in [0.29, 0.717) is 17.3 Å². The van der Waals surface area contributed by atoms with E-state index >= 15 is 0 Å². The van der Waals surface area contributed by atoms with Gasteiger partial charge in [0.05, 0.1) is 0 Å². The maximum absolute atomic E-state index is 12.8. The Kier molecular flexibility index (Phi) is 6.26. The molecule has 1 aliphatic heterocycles. The Bertz CT molecular complexity index is 849. The standard InChI is InChI=1S/C24H31N3O2/c1-17(2)18-7-9-19(10-8-18)25-22(28)24(3,4)23(29)26-20-11-13-21(14-12-20)27-15-5-6-16-27/h7-14,17H,5-6,15-16H2,1-4H3,(H,25,28)(H,26,29). The third-order valence-electron chi connectivity index (χ3n) is 5.57. The minimum atomic E-state index is -1.20. The molecule has 0 bridgehead atoms. The van der Waals surface area contributed by atoms with Gasteiger partial charge in [0.1, 0.15) is 5.41 Å². The second-order valence-corrected chi connectivity index (χ2v) is 8.55. The summed E-state index contributed by atoms with van der Waals surface area (Å²) in [6, 6.07) is 15.6. The summed E-state index contributed by atoms with van der Waals surface area (Å²) >= 11 is 0. The predicted molar refractivity (Wildman–Crippen MR) is 119 cm³/mol. The fourth-order valence-electron chi connectivity index (χ4n) is 3.36. The summed E-state index contributed by atoms with van der Waals surface area (Å²) < 4.78 is 0. The molecule has 5 nitrogen and oxygen atoms in total. The topological polar surface area (TPSA) is 61.4 Å². The van der Waals surface area contributed by atoms with Crippen LogP contribution >= 0.6 is 0 Å². The largest absolute Gasteiger partial charge is 0.372 e. The van der Waals surface area contributed by atoms with Crippen LogP contribution in [0.4, 0.5) is 17.1 Å². The van der Waals surface area contributed by atoms with Gasteiger partial charge in [-0.05, 0) is 74.6 Å². The van der Waals surface area contributed by atoms with Crippen LogP contribution < -0.4 is 15.5 Å². The van der Waals surface area contributed by atoms with Gasteiger partial charge < -0.3 is 15.5 Å². The van der Waals surface area contributed by atoms with E-state index in [9.17, 15) is 9.59 Å². The highest BCUT2D eigenvalue weighted by atomic mass is 16.2. The minimum Gasteiger partial charge on any atom is -0.372 e. The SMILES string of the molecule is CC(C)c1ccc(NC(=O)C(C)(C)C(=O)Nc2ccc(N3CCCC3)cc2)cc1. The normalized spacial score (nSPS) is 14.2. The van der Waals surface area contributed by atoms with Crippen molar-refractivity contribution < 1.29 is 9.59 Å². The first kappa shape index (κ1) is 20.9. The first-order chi connectivity index (χ1) is 13.8. The molecule has 1 aliphatic rings. The molecule has 3 rings (SSSR count). The fourth-order valence-corrected chi connectivity index (χ4v) is 3.36. The van der Waals surface area contributed by atoms with Gasteiger partial charge in [-0.3, -0.25) is 9.59 Å². The molecule has 2 amide bonds. The van der Waals surface area contributed by atoms with Crippen molar-refractivity contribution in [2.24, 2.45) is 5.41 Å². The van der Waals surface area contributed by atoms with Gasteiger partial charge in [-0.15, -0.1) is 0 Å². The van der Waals surface area contributed by atoms with Crippen LogP contribution in [0.5, 0.6) is 0 Å². The maximum atomic E-state index is 12.8. The van der Waals surface area contributed by atoms with Gasteiger partial charge in [-0.1, -0.05) is 26.0 Å². The van der Waals surface area contributed by atoms with Gasteiger partial charge in [0.25, 0.3) is 0 Å². The van der Waals surface area contributed by atoms with Crippen molar-refractivity contribution in [1.82, 2.24) is 0 Å². The molecule has 154 valence electrons. The number of nitrogens with zero attached hydrogens (tertiary/aromatic N) is 1. The monoisotopic (exact) mass is 393 g/mol. The molecule has 0 spiro atoms. The van der Waals surface area contributed by atoms with Crippen molar-refractivity contribution in [2.75, 3.05) is 28.6 Å². The average molecular weight is 394 g/mol. The van der Waals surface area contributed by atoms with Gasteiger partial charge in [0.2, 0.25) is 11.8 Å². The molecular formula is C24H31N3O2. The van der Waals surface area contributed by atoms with Crippen molar-refractivity contribution >= 4 is 28.9 Å². The van der Waals surface area contributed by atoms with Crippen LogP contribution in [0.3, 0.4) is 0 Å². The zero-order chi connectivity index (χ0) is 21.0. The molecule has 1 fully saturated rings. The smallest absolute Gasteiger partial charge is 0.239 e. The van der Waals surface area contributed by atoms with Crippen LogP contribution in [-0.4, -0.2) is 24.9 Å². The highest BCUT2D eigenvalue weighted by Crippen LogP contribution is 2.25. The van der Waals surface area contributed by atoms with Crippen LogP contribution in [-0.2, 0) is 9.59 Å². The van der Waals surface area contributed by atoms with Gasteiger partial charge in [-0.2, -0.15) is 0 Å². The molecular weight excluding hydrogens is 362 g/mol. The Morgan fingerprint density at radius 1 is 0.828 bits per heavy atom. The van der Waals surface area contributed by atoms with E-state index in [1.807, 2.05) is 48.5 Å². The lowest BCUT2D eigenvalue weighted by Gasteiger charge is -2.23. The Labute approximate surface area is 173 Å². The molecule has 5 heteroatoms. The molecule has 0 radical (unpaired) electrons. The van der Waals surface area contributed by atoms with Crippen molar-refractivity contribution in [3.8, 4) is 0 Å². The number of benzene rings is 2. The lowest BCUT2D eigenvalue weighted by Crippen LogP contribution is -2.41. The number of carbonyl (C=O) groups is 2. The van der Waals surface area contributed by atoms with Gasteiger partial charge in [0, 0.05) is 30.2 Å². The molecule has 1 heterocycles. The Morgan fingerprint density at radius 2 is 1.28 bits per heavy atom. The number of anilines is 3. The summed E-state index contributed by atoms with van der Waals surface area (Å²) in [4.78, 5) is 27.8. The maximum Gasteiger partial charge on any atom is 0.239 e. The van der Waals surface area contributed by atoms with Gasteiger partial charge >= 0.3 is 0 Å². The fraction of sp³-hybridized carbons (Fsp3) is 0.417. The number of nitrogens with one attached hydrogen (secondary N) is 2. The van der Waals surface area contributed by atoms with Crippen LogP contribution in [0.1, 0.15) is 52.0 Å². The molecule has 0 aliphatic carbocycles. The van der Waals surface area contributed by atoms with E-state index in [0.717, 1.165) is 13.1 Å². The van der Waals surface area contributed by atoms with Gasteiger partial charge in [-0.25, -0.2) is 0 Å². The van der Waals surface area contributed by atoms with Gasteiger partial charge in [0.15, 0.2) is 0 Å². The second kappa shape index (κ2) is 8.68. The van der Waals surface area contributed by atoms with Crippen molar-refractivity contribution in [1.29, 1.82) is 0 Å². The molecule has 2 N–H and O–H groups in total. The van der Waals surface area contributed by atoms with Crippen LogP contribution in [0.2, 0.25) is 0 Å². The van der Waals surface area contributed by atoms with Crippen molar-refractivity contribution in [3.05, 3.63) is 54.1 Å². The molecule has 0 atom stereocenters. The van der Waals surface area contributed by atoms with E-state index in [-0.39, 0.29) is 11.8 Å². The van der Waals surface area contributed by atoms with Crippen molar-refractivity contribution in [3.63, 3.8) is 0 Å². The third kappa shape index (κ3) is 4.97. The molecule has 29 heavy (non-hydrogen) atoms. The zero-order valence-corrected chi connectivity index (χ0v) is 17.8. The molecule has 0 saturated carbocycles. The molecule has 1 saturated heterocycles. The number of hydrogen-bond donors (Lipinski definition) is 2. The summed E-state index contributed by atoms with van der Waals surface area (Å²) in [6.45, 7) is 9.68. The highest BCUT2D eigenvalue weighted by molar-refractivity contribution is 6.14. The summed E-state index contributed by atoms with van der Waals surface area (Å²) in [5.41, 5.74) is 2.56. The van der Waals surface area contributed by atoms with Crippen LogP contribution in [0, 0.1) is 5.41 Å².